The number of halogens is 3. The summed E-state index contributed by atoms with van der Waals surface area (Å²) in [6, 6.07) is 2.82. The third-order valence-electron chi connectivity index (χ3n) is 4.91. The van der Waals surface area contributed by atoms with Crippen molar-refractivity contribution >= 4 is 34.5 Å². The Morgan fingerprint density at radius 2 is 2.08 bits per heavy atom. The number of hydrogen-bond acceptors (Lipinski definition) is 5. The Morgan fingerprint density at radius 3 is 2.73 bits per heavy atom. The average molecular weight is 478 g/mol. The second kappa shape index (κ2) is 6.76. The van der Waals surface area contributed by atoms with E-state index in [0.717, 1.165) is 7.11 Å². The Hall–Kier alpha value is -1.75. The first-order chi connectivity index (χ1) is 12.2. The minimum Gasteiger partial charge on any atom is -0.509 e. The maximum Gasteiger partial charge on any atom is 0.347 e. The van der Waals surface area contributed by atoms with Crippen molar-refractivity contribution in [1.82, 2.24) is 10.0 Å². The lowest BCUT2D eigenvalue weighted by Crippen LogP contribution is -2.60. The topological polar surface area (TPSA) is 70.1 Å². The fraction of sp³-hybridized carbons (Fsp3) is 0.412. The molecule has 1 atom stereocenters. The van der Waals surface area contributed by atoms with E-state index >= 15 is 0 Å². The molecule has 1 saturated heterocycles. The fourth-order valence-corrected chi connectivity index (χ4v) is 3.90. The van der Waals surface area contributed by atoms with Crippen LogP contribution < -0.4 is 0 Å². The van der Waals surface area contributed by atoms with E-state index in [1.807, 2.05) is 0 Å². The van der Waals surface area contributed by atoms with Gasteiger partial charge in [-0.3, -0.25) is 9.80 Å². The summed E-state index contributed by atoms with van der Waals surface area (Å²) in [6.45, 7) is 1.87. The largest absolute Gasteiger partial charge is 0.509 e. The summed E-state index contributed by atoms with van der Waals surface area (Å²) >= 11 is 1.68. The Morgan fingerprint density at radius 1 is 1.38 bits per heavy atom. The van der Waals surface area contributed by atoms with Gasteiger partial charge in [0, 0.05) is 12.1 Å². The predicted octanol–water partition coefficient (Wildman–Crippen LogP) is 2.67. The number of aliphatic hydroxyl groups excluding tert-OH is 1. The number of carbonyl (C=O) groups is 2. The number of methoxy groups -OCH3 is 1. The molecule has 1 aromatic rings. The van der Waals surface area contributed by atoms with Crippen molar-refractivity contribution < 1.29 is 28.2 Å². The summed E-state index contributed by atoms with van der Waals surface area (Å²) in [6.07, 6.45) is 1.18. The van der Waals surface area contributed by atoms with E-state index in [9.17, 15) is 23.5 Å². The van der Waals surface area contributed by atoms with Gasteiger partial charge < -0.3 is 9.84 Å². The molecule has 2 aliphatic rings. The van der Waals surface area contributed by atoms with Crippen molar-refractivity contribution in [1.29, 1.82) is 0 Å². The fourth-order valence-electron chi connectivity index (χ4n) is 3.48. The lowest BCUT2D eigenvalue weighted by Gasteiger charge is -2.46. The number of nitrogens with zero attached hydrogens (tertiary/aromatic N) is 2. The molecule has 26 heavy (non-hydrogen) atoms. The normalized spacial score (nSPS) is 23.4. The van der Waals surface area contributed by atoms with Gasteiger partial charge in [0.15, 0.2) is 17.2 Å². The number of aliphatic hydroxyl groups is 1. The smallest absolute Gasteiger partial charge is 0.347 e. The quantitative estimate of drug-likeness (QED) is 0.313. The molecule has 9 heteroatoms. The first-order valence-electron chi connectivity index (χ1n) is 7.96. The van der Waals surface area contributed by atoms with E-state index in [0.29, 0.717) is 19.4 Å². The summed E-state index contributed by atoms with van der Waals surface area (Å²) in [5.41, 5.74) is -1.47. The number of hydrazine groups is 1. The van der Waals surface area contributed by atoms with Crippen LogP contribution in [0.15, 0.2) is 23.5 Å². The number of amides is 1. The molecule has 0 radical (unpaired) electrons. The van der Waals surface area contributed by atoms with Crippen LogP contribution in [-0.4, -0.2) is 46.2 Å². The van der Waals surface area contributed by atoms with Crippen molar-refractivity contribution in [3.05, 3.63) is 44.2 Å². The SMILES string of the molecule is COC(=O)C1=C(O)[C@@]2(C)CCCN2N(Cc2ccc(I)c(F)c2F)C1=O. The molecule has 1 N–H and O–H groups in total. The third-order valence-corrected chi connectivity index (χ3v) is 5.75. The molecule has 6 nitrogen and oxygen atoms in total. The van der Waals surface area contributed by atoms with E-state index in [4.69, 9.17) is 0 Å². The van der Waals surface area contributed by atoms with Gasteiger partial charge in [0.25, 0.3) is 5.91 Å². The van der Waals surface area contributed by atoms with Crippen LogP contribution in [-0.2, 0) is 20.9 Å². The molecule has 2 heterocycles. The van der Waals surface area contributed by atoms with Crippen LogP contribution in [0.1, 0.15) is 25.3 Å². The molecule has 0 aromatic heterocycles. The summed E-state index contributed by atoms with van der Waals surface area (Å²) in [4.78, 5) is 24.9. The van der Waals surface area contributed by atoms with Crippen molar-refractivity contribution in [2.24, 2.45) is 0 Å². The van der Waals surface area contributed by atoms with Crippen molar-refractivity contribution in [2.75, 3.05) is 13.7 Å². The summed E-state index contributed by atoms with van der Waals surface area (Å²) < 4.78 is 32.9. The molecule has 1 amide bonds. The minimum atomic E-state index is -1.04. The number of benzene rings is 1. The molecule has 0 unspecified atom stereocenters. The predicted molar refractivity (Wildman–Crippen MR) is 95.6 cm³/mol. The molecular weight excluding hydrogens is 461 g/mol. The first kappa shape index (κ1) is 19.0. The van der Waals surface area contributed by atoms with Crippen molar-refractivity contribution in [3.63, 3.8) is 0 Å². The second-order valence-corrected chi connectivity index (χ2v) is 7.58. The highest BCUT2D eigenvalue weighted by atomic mass is 127. The van der Waals surface area contributed by atoms with Crippen LogP contribution in [0.25, 0.3) is 0 Å². The van der Waals surface area contributed by atoms with Crippen LogP contribution in [0.4, 0.5) is 8.78 Å². The maximum atomic E-state index is 14.3. The van der Waals surface area contributed by atoms with Gasteiger partial charge in [-0.25, -0.2) is 18.6 Å². The van der Waals surface area contributed by atoms with E-state index in [-0.39, 0.29) is 21.4 Å². The molecule has 0 aliphatic carbocycles. The van der Waals surface area contributed by atoms with Crippen LogP contribution in [0, 0.1) is 15.2 Å². The third kappa shape index (κ3) is 2.77. The van der Waals surface area contributed by atoms with Crippen LogP contribution >= 0.6 is 22.6 Å². The molecule has 1 fully saturated rings. The van der Waals surface area contributed by atoms with Gasteiger partial charge in [-0.15, -0.1) is 0 Å². The number of ether oxygens (including phenoxy) is 1. The van der Waals surface area contributed by atoms with Crippen LogP contribution in [0.5, 0.6) is 0 Å². The highest BCUT2D eigenvalue weighted by Gasteiger charge is 2.53. The van der Waals surface area contributed by atoms with Crippen LogP contribution in [0.2, 0.25) is 0 Å². The molecule has 0 spiro atoms. The Kier molecular flexibility index (Phi) is 4.95. The monoisotopic (exact) mass is 478 g/mol. The van der Waals surface area contributed by atoms with Gasteiger partial charge in [0.1, 0.15) is 5.76 Å². The second-order valence-electron chi connectivity index (χ2n) is 6.41. The minimum absolute atomic E-state index is 0.0175. The molecule has 1 aromatic carbocycles. The zero-order valence-electron chi connectivity index (χ0n) is 14.2. The number of esters is 1. The number of hydrogen-bond donors (Lipinski definition) is 1. The summed E-state index contributed by atoms with van der Waals surface area (Å²) in [5.74, 6) is -4.13. The van der Waals surface area contributed by atoms with E-state index in [2.05, 4.69) is 4.74 Å². The summed E-state index contributed by atoms with van der Waals surface area (Å²) in [7, 11) is 1.11. The number of fused-ring (bicyclic) bond motifs is 1. The Balaban J connectivity index is 2.06. The molecule has 2 aliphatic heterocycles. The Labute approximate surface area is 162 Å². The highest BCUT2D eigenvalue weighted by molar-refractivity contribution is 14.1. The first-order valence-corrected chi connectivity index (χ1v) is 9.04. The van der Waals surface area contributed by atoms with Crippen LogP contribution in [0.3, 0.4) is 0 Å². The Bertz CT molecular complexity index is 829. The number of carbonyl (C=O) groups excluding carboxylic acids is 2. The maximum absolute atomic E-state index is 14.3. The van der Waals surface area contributed by atoms with Crippen molar-refractivity contribution in [2.45, 2.75) is 31.8 Å². The van der Waals surface area contributed by atoms with E-state index in [1.165, 1.54) is 17.1 Å². The highest BCUT2D eigenvalue weighted by Crippen LogP contribution is 2.41. The lowest BCUT2D eigenvalue weighted by molar-refractivity contribution is -0.163. The molecular formula is C17H17F2IN2O4. The van der Waals surface area contributed by atoms with Gasteiger partial charge in [0.2, 0.25) is 0 Å². The van der Waals surface area contributed by atoms with Gasteiger partial charge in [0.05, 0.1) is 22.8 Å². The molecule has 0 bridgehead atoms. The zero-order valence-corrected chi connectivity index (χ0v) is 16.3. The van der Waals surface area contributed by atoms with E-state index in [1.54, 1.807) is 34.5 Å². The van der Waals surface area contributed by atoms with Gasteiger partial charge in [-0.1, -0.05) is 6.07 Å². The van der Waals surface area contributed by atoms with Gasteiger partial charge in [-0.2, -0.15) is 0 Å². The van der Waals surface area contributed by atoms with Gasteiger partial charge in [-0.05, 0) is 48.4 Å². The molecule has 3 rings (SSSR count). The molecule has 140 valence electrons. The van der Waals surface area contributed by atoms with E-state index < -0.39 is 34.6 Å². The van der Waals surface area contributed by atoms with Gasteiger partial charge >= 0.3 is 5.97 Å². The van der Waals surface area contributed by atoms with Crippen molar-refractivity contribution in [3.8, 4) is 0 Å². The zero-order chi connectivity index (χ0) is 19.2. The number of rotatable bonds is 3. The summed E-state index contributed by atoms with van der Waals surface area (Å²) in [5, 5.41) is 13.3. The average Bonchev–Trinajstić information content (AvgIpc) is 3.01. The lowest BCUT2D eigenvalue weighted by atomic mass is 9.91. The molecule has 0 saturated carbocycles. The standard InChI is InChI=1S/C17H17F2IN2O4/c1-17-6-3-7-22(17)21(15(24)11(14(17)23)16(25)26-2)8-9-4-5-10(20)13(19)12(9)18/h4-5,23H,3,6-8H2,1-2H3/t17-/m1/s1.